The predicted molar refractivity (Wildman–Crippen MR) is 89.6 cm³/mol. The van der Waals surface area contributed by atoms with E-state index in [4.69, 9.17) is 9.47 Å². The maximum atomic E-state index is 12.2. The highest BCUT2D eigenvalue weighted by Crippen LogP contribution is 2.28. The fraction of sp³-hybridized carbons (Fsp3) is 0.353. The van der Waals surface area contributed by atoms with Crippen LogP contribution in [0.2, 0.25) is 0 Å². The quantitative estimate of drug-likeness (QED) is 0.792. The average molecular weight is 331 g/mol. The Kier molecular flexibility index (Phi) is 6.36. The standard InChI is InChI=1S/C17H21N3O4/c1-3-23-14-8-7-13(12-15(14)24-4-2)17(22)18-10-11-20-16(21)6-5-9-19-20/h5-9,12H,3-4,10-11H2,1-2H3,(H,18,22). The van der Waals surface area contributed by atoms with Gasteiger partial charge in [-0.05, 0) is 38.1 Å². The Morgan fingerprint density at radius 2 is 1.92 bits per heavy atom. The van der Waals surface area contributed by atoms with Gasteiger partial charge in [-0.2, -0.15) is 5.10 Å². The SMILES string of the molecule is CCOc1ccc(C(=O)NCCn2ncccc2=O)cc1OCC. The van der Waals surface area contributed by atoms with Gasteiger partial charge in [-0.1, -0.05) is 0 Å². The van der Waals surface area contributed by atoms with Gasteiger partial charge in [0.2, 0.25) is 0 Å². The number of nitrogens with zero attached hydrogens (tertiary/aromatic N) is 2. The lowest BCUT2D eigenvalue weighted by atomic mass is 10.2. The number of benzene rings is 1. The fourth-order valence-corrected chi connectivity index (χ4v) is 2.12. The molecule has 2 rings (SSSR count). The maximum Gasteiger partial charge on any atom is 0.266 e. The number of hydrogen-bond acceptors (Lipinski definition) is 5. The predicted octanol–water partition coefficient (Wildman–Crippen LogP) is 1.47. The second-order valence-electron chi connectivity index (χ2n) is 4.87. The van der Waals surface area contributed by atoms with Crippen LogP contribution in [0, 0.1) is 0 Å². The second-order valence-corrected chi connectivity index (χ2v) is 4.87. The lowest BCUT2D eigenvalue weighted by Crippen LogP contribution is -2.31. The highest BCUT2D eigenvalue weighted by atomic mass is 16.5. The van der Waals surface area contributed by atoms with Gasteiger partial charge in [0.25, 0.3) is 11.5 Å². The minimum Gasteiger partial charge on any atom is -0.490 e. The van der Waals surface area contributed by atoms with E-state index in [1.807, 2.05) is 13.8 Å². The molecule has 0 aliphatic carbocycles. The minimum absolute atomic E-state index is 0.202. The van der Waals surface area contributed by atoms with Gasteiger partial charge in [0.05, 0.1) is 19.8 Å². The molecule has 1 amide bonds. The third-order valence-electron chi connectivity index (χ3n) is 3.20. The first-order valence-electron chi connectivity index (χ1n) is 7.85. The van der Waals surface area contributed by atoms with Gasteiger partial charge in [0, 0.05) is 24.4 Å². The summed E-state index contributed by atoms with van der Waals surface area (Å²) in [5.74, 6) is 0.895. The van der Waals surface area contributed by atoms with Crippen molar-refractivity contribution in [3.63, 3.8) is 0 Å². The van der Waals surface area contributed by atoms with Gasteiger partial charge in [-0.15, -0.1) is 0 Å². The molecule has 0 aliphatic heterocycles. The van der Waals surface area contributed by atoms with Gasteiger partial charge < -0.3 is 14.8 Å². The molecule has 7 nitrogen and oxygen atoms in total. The van der Waals surface area contributed by atoms with Crippen LogP contribution in [0.4, 0.5) is 0 Å². The molecule has 0 spiro atoms. The Bertz CT molecular complexity index is 743. The summed E-state index contributed by atoms with van der Waals surface area (Å²) in [5, 5.41) is 6.70. The van der Waals surface area contributed by atoms with Crippen LogP contribution < -0.4 is 20.3 Å². The Balaban J connectivity index is 2.00. The molecule has 0 bridgehead atoms. The van der Waals surface area contributed by atoms with E-state index in [0.29, 0.717) is 43.4 Å². The highest BCUT2D eigenvalue weighted by molar-refractivity contribution is 5.94. The first kappa shape index (κ1) is 17.5. The number of carbonyl (C=O) groups excluding carboxylic acids is 1. The molecule has 1 aromatic carbocycles. The molecule has 0 saturated heterocycles. The number of amides is 1. The van der Waals surface area contributed by atoms with Crippen molar-refractivity contribution in [3.05, 3.63) is 52.4 Å². The second kappa shape index (κ2) is 8.71. The molecule has 1 heterocycles. The van der Waals surface area contributed by atoms with Gasteiger partial charge in [-0.25, -0.2) is 4.68 Å². The van der Waals surface area contributed by atoms with Gasteiger partial charge >= 0.3 is 0 Å². The number of carbonyl (C=O) groups is 1. The van der Waals surface area contributed by atoms with Crippen molar-refractivity contribution < 1.29 is 14.3 Å². The molecule has 7 heteroatoms. The molecule has 0 fully saturated rings. The number of hydrogen-bond donors (Lipinski definition) is 1. The molecule has 0 radical (unpaired) electrons. The normalized spacial score (nSPS) is 10.2. The smallest absolute Gasteiger partial charge is 0.266 e. The Morgan fingerprint density at radius 3 is 2.62 bits per heavy atom. The molecule has 0 unspecified atom stereocenters. The summed E-state index contributed by atoms with van der Waals surface area (Å²) in [7, 11) is 0. The first-order chi connectivity index (χ1) is 11.7. The lowest BCUT2D eigenvalue weighted by Gasteiger charge is -2.12. The van der Waals surface area contributed by atoms with E-state index in [1.165, 1.54) is 16.9 Å². The van der Waals surface area contributed by atoms with Crippen molar-refractivity contribution in [2.24, 2.45) is 0 Å². The van der Waals surface area contributed by atoms with Crippen LogP contribution in [0.1, 0.15) is 24.2 Å². The van der Waals surface area contributed by atoms with E-state index in [2.05, 4.69) is 10.4 Å². The van der Waals surface area contributed by atoms with E-state index < -0.39 is 0 Å². The van der Waals surface area contributed by atoms with Crippen LogP contribution >= 0.6 is 0 Å². The average Bonchev–Trinajstić information content (AvgIpc) is 2.58. The Morgan fingerprint density at radius 1 is 1.17 bits per heavy atom. The number of nitrogens with one attached hydrogen (secondary N) is 1. The van der Waals surface area contributed by atoms with Crippen molar-refractivity contribution in [1.82, 2.24) is 15.1 Å². The van der Waals surface area contributed by atoms with Crippen molar-refractivity contribution >= 4 is 5.91 Å². The minimum atomic E-state index is -0.247. The van der Waals surface area contributed by atoms with Crippen LogP contribution in [0.15, 0.2) is 41.3 Å². The van der Waals surface area contributed by atoms with Crippen molar-refractivity contribution in [3.8, 4) is 11.5 Å². The van der Waals surface area contributed by atoms with Crippen LogP contribution in [0.5, 0.6) is 11.5 Å². The zero-order chi connectivity index (χ0) is 17.4. The van der Waals surface area contributed by atoms with Crippen LogP contribution in [0.25, 0.3) is 0 Å². The largest absolute Gasteiger partial charge is 0.490 e. The lowest BCUT2D eigenvalue weighted by molar-refractivity contribution is 0.0951. The van der Waals surface area contributed by atoms with Gasteiger partial charge in [0.1, 0.15) is 0 Å². The van der Waals surface area contributed by atoms with E-state index in [9.17, 15) is 9.59 Å². The number of aromatic nitrogens is 2. The molecule has 0 atom stereocenters. The topological polar surface area (TPSA) is 82.5 Å². The fourth-order valence-electron chi connectivity index (χ4n) is 2.12. The third kappa shape index (κ3) is 4.58. The molecular weight excluding hydrogens is 310 g/mol. The Labute approximate surface area is 140 Å². The summed E-state index contributed by atoms with van der Waals surface area (Å²) in [6, 6.07) is 8.04. The van der Waals surface area contributed by atoms with Gasteiger partial charge in [-0.3, -0.25) is 9.59 Å². The summed E-state index contributed by atoms with van der Waals surface area (Å²) in [5.41, 5.74) is 0.265. The van der Waals surface area contributed by atoms with Crippen LogP contribution in [0.3, 0.4) is 0 Å². The Hall–Kier alpha value is -2.83. The van der Waals surface area contributed by atoms with Crippen molar-refractivity contribution in [2.75, 3.05) is 19.8 Å². The summed E-state index contributed by atoms with van der Waals surface area (Å²) < 4.78 is 12.3. The van der Waals surface area contributed by atoms with E-state index in [0.717, 1.165) is 0 Å². The zero-order valence-corrected chi connectivity index (χ0v) is 13.8. The molecule has 0 saturated carbocycles. The summed E-state index contributed by atoms with van der Waals surface area (Å²) in [4.78, 5) is 23.8. The third-order valence-corrected chi connectivity index (χ3v) is 3.20. The highest BCUT2D eigenvalue weighted by Gasteiger charge is 2.11. The van der Waals surface area contributed by atoms with E-state index >= 15 is 0 Å². The van der Waals surface area contributed by atoms with Crippen molar-refractivity contribution in [1.29, 1.82) is 0 Å². The maximum absolute atomic E-state index is 12.2. The summed E-state index contributed by atoms with van der Waals surface area (Å²) in [6.45, 7) is 5.36. The monoisotopic (exact) mass is 331 g/mol. The summed E-state index contributed by atoms with van der Waals surface area (Å²) in [6.07, 6.45) is 1.53. The zero-order valence-electron chi connectivity index (χ0n) is 13.8. The molecule has 1 aromatic heterocycles. The molecule has 0 aliphatic rings. The van der Waals surface area contributed by atoms with Crippen LogP contribution in [-0.4, -0.2) is 35.4 Å². The molecule has 128 valence electrons. The van der Waals surface area contributed by atoms with Crippen LogP contribution in [-0.2, 0) is 6.54 Å². The van der Waals surface area contributed by atoms with E-state index in [1.54, 1.807) is 24.3 Å². The van der Waals surface area contributed by atoms with E-state index in [-0.39, 0.29) is 11.5 Å². The van der Waals surface area contributed by atoms with Gasteiger partial charge in [0.15, 0.2) is 11.5 Å². The molecule has 2 aromatic rings. The molecule has 24 heavy (non-hydrogen) atoms. The van der Waals surface area contributed by atoms with Crippen molar-refractivity contribution in [2.45, 2.75) is 20.4 Å². The number of ether oxygens (including phenoxy) is 2. The first-order valence-corrected chi connectivity index (χ1v) is 7.85. The number of rotatable bonds is 8. The summed E-state index contributed by atoms with van der Waals surface area (Å²) >= 11 is 0. The molecule has 1 N–H and O–H groups in total. The molecular formula is C17H21N3O4.